The predicted molar refractivity (Wildman–Crippen MR) is 133 cm³/mol. The number of nitrogens with two attached hydrogens (primary N) is 1. The second-order valence-corrected chi connectivity index (χ2v) is 7.76. The zero-order valence-corrected chi connectivity index (χ0v) is 19.8. The van der Waals surface area contributed by atoms with Gasteiger partial charge in [-0.05, 0) is 17.7 Å². The molecule has 2 aromatic carbocycles. The van der Waals surface area contributed by atoms with Gasteiger partial charge < -0.3 is 40.2 Å². The van der Waals surface area contributed by atoms with Gasteiger partial charge in [-0.25, -0.2) is 0 Å². The fourth-order valence-electron chi connectivity index (χ4n) is 3.34. The van der Waals surface area contributed by atoms with E-state index in [1.165, 1.54) is 0 Å². The Morgan fingerprint density at radius 3 is 2.51 bits per heavy atom. The van der Waals surface area contributed by atoms with Gasteiger partial charge in [0.25, 0.3) is 0 Å². The molecule has 2 heterocycles. The number of hydrogen-bond donors (Lipinski definition) is 3. The molecule has 3 aromatic rings. The molecule has 0 atom stereocenters. The fraction of sp³-hybridized carbons (Fsp3) is 0.375. The Kier molecular flexibility index (Phi) is 8.87. The van der Waals surface area contributed by atoms with Gasteiger partial charge in [0.05, 0.1) is 26.4 Å². The quantitative estimate of drug-likeness (QED) is 0.294. The Hall–Kier alpha value is -3.67. The molecule has 11 nitrogen and oxygen atoms in total. The molecular weight excluding hydrogens is 450 g/mol. The van der Waals surface area contributed by atoms with Gasteiger partial charge in [-0.3, -0.25) is 0 Å². The van der Waals surface area contributed by atoms with Gasteiger partial charge in [0.1, 0.15) is 0 Å². The van der Waals surface area contributed by atoms with Crippen LogP contribution in [-0.4, -0.2) is 68.3 Å². The lowest BCUT2D eigenvalue weighted by molar-refractivity contribution is 0.0547. The maximum Gasteiger partial charge on any atom is 0.233 e. The van der Waals surface area contributed by atoms with Crippen LogP contribution in [0.4, 0.5) is 23.5 Å². The van der Waals surface area contributed by atoms with Crippen molar-refractivity contribution in [2.45, 2.75) is 6.54 Å². The molecule has 11 heteroatoms. The monoisotopic (exact) mass is 481 g/mol. The summed E-state index contributed by atoms with van der Waals surface area (Å²) in [6.07, 6.45) is 0. The van der Waals surface area contributed by atoms with Crippen molar-refractivity contribution in [3.05, 3.63) is 54.1 Å². The standard InChI is InChI=1S/C24H31N7O4/c1-31(16-18-5-3-2-4-6-18)24-29-22(26-10-12-33-14-13-32-11-9-25)28-23(30-24)27-19-7-8-20-21(15-19)35-17-34-20/h2-8,15H,9-14,16-17,25H2,1H3,(H2,26,27,28,29,30). The molecule has 0 amide bonds. The molecule has 0 bridgehead atoms. The van der Waals surface area contributed by atoms with Crippen molar-refractivity contribution in [1.82, 2.24) is 15.0 Å². The number of benzene rings is 2. The Morgan fingerprint density at radius 2 is 1.69 bits per heavy atom. The lowest BCUT2D eigenvalue weighted by atomic mass is 10.2. The number of aromatic nitrogens is 3. The molecule has 0 unspecified atom stereocenters. The molecular formula is C24H31N7O4. The fourth-order valence-corrected chi connectivity index (χ4v) is 3.34. The molecule has 4 N–H and O–H groups in total. The van der Waals surface area contributed by atoms with E-state index in [2.05, 4.69) is 37.7 Å². The molecule has 0 radical (unpaired) electrons. The number of nitrogens with zero attached hydrogens (tertiary/aromatic N) is 4. The normalized spacial score (nSPS) is 11.9. The Balaban J connectivity index is 1.42. The summed E-state index contributed by atoms with van der Waals surface area (Å²) in [5.41, 5.74) is 7.34. The number of nitrogens with one attached hydrogen (secondary N) is 2. The smallest absolute Gasteiger partial charge is 0.233 e. The van der Waals surface area contributed by atoms with Crippen LogP contribution in [0.25, 0.3) is 0 Å². The lowest BCUT2D eigenvalue weighted by Crippen LogP contribution is -2.21. The molecule has 0 saturated heterocycles. The first kappa shape index (κ1) is 24.5. The molecule has 4 rings (SSSR count). The van der Waals surface area contributed by atoms with Crippen molar-refractivity contribution < 1.29 is 18.9 Å². The number of rotatable bonds is 14. The first-order valence-corrected chi connectivity index (χ1v) is 11.5. The average Bonchev–Trinajstić information content (AvgIpc) is 3.34. The first-order valence-electron chi connectivity index (χ1n) is 11.5. The van der Waals surface area contributed by atoms with Crippen LogP contribution in [0.3, 0.4) is 0 Å². The van der Waals surface area contributed by atoms with Gasteiger partial charge in [0, 0.05) is 38.4 Å². The zero-order valence-electron chi connectivity index (χ0n) is 19.8. The summed E-state index contributed by atoms with van der Waals surface area (Å²) in [7, 11) is 1.95. The van der Waals surface area contributed by atoms with Crippen LogP contribution in [0.5, 0.6) is 11.5 Å². The van der Waals surface area contributed by atoms with E-state index in [1.807, 2.05) is 48.3 Å². The summed E-state index contributed by atoms with van der Waals surface area (Å²) in [5, 5.41) is 6.46. The summed E-state index contributed by atoms with van der Waals surface area (Å²) >= 11 is 0. The minimum absolute atomic E-state index is 0.217. The topological polar surface area (TPSA) is 129 Å². The summed E-state index contributed by atoms with van der Waals surface area (Å²) < 4.78 is 21.7. The highest BCUT2D eigenvalue weighted by atomic mass is 16.7. The van der Waals surface area contributed by atoms with Gasteiger partial charge in [-0.1, -0.05) is 30.3 Å². The summed E-state index contributed by atoms with van der Waals surface area (Å²) in [4.78, 5) is 15.7. The number of fused-ring (bicyclic) bond motifs is 1. The van der Waals surface area contributed by atoms with Crippen molar-refractivity contribution in [2.24, 2.45) is 5.73 Å². The molecule has 35 heavy (non-hydrogen) atoms. The van der Waals surface area contributed by atoms with Gasteiger partial charge in [-0.2, -0.15) is 15.0 Å². The first-order chi connectivity index (χ1) is 17.2. The number of hydrogen-bond acceptors (Lipinski definition) is 11. The van der Waals surface area contributed by atoms with Crippen LogP contribution in [0.1, 0.15) is 5.56 Å². The molecule has 1 aromatic heterocycles. The van der Waals surface area contributed by atoms with Crippen molar-refractivity contribution in [3.63, 3.8) is 0 Å². The van der Waals surface area contributed by atoms with Crippen molar-refractivity contribution in [1.29, 1.82) is 0 Å². The highest BCUT2D eigenvalue weighted by Gasteiger charge is 2.15. The Labute approximate surface area is 204 Å². The van der Waals surface area contributed by atoms with Crippen LogP contribution in [0, 0.1) is 0 Å². The van der Waals surface area contributed by atoms with Gasteiger partial charge in [-0.15, -0.1) is 0 Å². The molecule has 1 aliphatic rings. The van der Waals surface area contributed by atoms with E-state index in [-0.39, 0.29) is 6.79 Å². The van der Waals surface area contributed by atoms with Crippen molar-refractivity contribution >= 4 is 23.5 Å². The molecule has 0 fully saturated rings. The minimum Gasteiger partial charge on any atom is -0.454 e. The van der Waals surface area contributed by atoms with Gasteiger partial charge >= 0.3 is 0 Å². The number of anilines is 4. The van der Waals surface area contributed by atoms with Crippen LogP contribution >= 0.6 is 0 Å². The summed E-state index contributed by atoms with van der Waals surface area (Å²) in [6.45, 7) is 3.94. The molecule has 0 saturated carbocycles. The van der Waals surface area contributed by atoms with E-state index in [0.717, 1.165) is 11.3 Å². The zero-order chi connectivity index (χ0) is 24.3. The Morgan fingerprint density at radius 1 is 0.914 bits per heavy atom. The van der Waals surface area contributed by atoms with E-state index < -0.39 is 0 Å². The molecule has 0 spiro atoms. The average molecular weight is 482 g/mol. The SMILES string of the molecule is CN(Cc1ccccc1)c1nc(NCCOCCOCCN)nc(Nc2ccc3c(c2)OCO3)n1. The van der Waals surface area contributed by atoms with Crippen LogP contribution < -0.4 is 30.7 Å². The van der Waals surface area contributed by atoms with E-state index in [1.54, 1.807) is 0 Å². The van der Waals surface area contributed by atoms with Crippen LogP contribution in [0.2, 0.25) is 0 Å². The highest BCUT2D eigenvalue weighted by molar-refractivity contribution is 5.61. The third-order valence-electron chi connectivity index (χ3n) is 5.02. The minimum atomic E-state index is 0.217. The third kappa shape index (κ3) is 7.41. The number of ether oxygens (including phenoxy) is 4. The molecule has 0 aliphatic carbocycles. The van der Waals surface area contributed by atoms with Crippen molar-refractivity contribution in [2.75, 3.05) is 68.9 Å². The second-order valence-electron chi connectivity index (χ2n) is 7.76. The predicted octanol–water partition coefficient (Wildman–Crippen LogP) is 2.38. The largest absolute Gasteiger partial charge is 0.454 e. The van der Waals surface area contributed by atoms with Crippen LogP contribution in [-0.2, 0) is 16.0 Å². The van der Waals surface area contributed by atoms with Gasteiger partial charge in [0.2, 0.25) is 24.6 Å². The summed E-state index contributed by atoms with van der Waals surface area (Å²) in [6, 6.07) is 15.7. The molecule has 1 aliphatic heterocycles. The van der Waals surface area contributed by atoms with Crippen LogP contribution in [0.15, 0.2) is 48.5 Å². The highest BCUT2D eigenvalue weighted by Crippen LogP contribution is 2.35. The van der Waals surface area contributed by atoms with E-state index in [0.29, 0.717) is 75.4 Å². The second kappa shape index (κ2) is 12.7. The van der Waals surface area contributed by atoms with E-state index in [9.17, 15) is 0 Å². The van der Waals surface area contributed by atoms with Crippen molar-refractivity contribution in [3.8, 4) is 11.5 Å². The lowest BCUT2D eigenvalue weighted by Gasteiger charge is -2.19. The maximum absolute atomic E-state index is 5.58. The third-order valence-corrected chi connectivity index (χ3v) is 5.02. The molecule has 186 valence electrons. The maximum atomic E-state index is 5.58. The Bertz CT molecular complexity index is 1070. The van der Waals surface area contributed by atoms with Gasteiger partial charge in [0.15, 0.2) is 11.5 Å². The van der Waals surface area contributed by atoms with E-state index in [4.69, 9.17) is 24.7 Å². The summed E-state index contributed by atoms with van der Waals surface area (Å²) in [5.74, 6) is 2.78. The van der Waals surface area contributed by atoms with E-state index >= 15 is 0 Å².